The normalized spacial score (nSPS) is 10.7. The maximum atomic E-state index is 5.57. The second-order valence-electron chi connectivity index (χ2n) is 4.68. The maximum absolute atomic E-state index is 5.57. The first kappa shape index (κ1) is 14.2. The Balaban J connectivity index is 2.05. The fourth-order valence-corrected chi connectivity index (χ4v) is 2.02. The summed E-state index contributed by atoms with van der Waals surface area (Å²) in [6.07, 6.45) is 8.99. The van der Waals surface area contributed by atoms with Gasteiger partial charge >= 0.3 is 0 Å². The molecular formula is C15H26N2. The predicted octanol–water partition coefficient (Wildman–Crippen LogP) is 2.99. The summed E-state index contributed by atoms with van der Waals surface area (Å²) in [5.41, 5.74) is 13.7. The van der Waals surface area contributed by atoms with Gasteiger partial charge in [-0.25, -0.2) is 0 Å². The van der Waals surface area contributed by atoms with Crippen LogP contribution in [-0.2, 0) is 13.0 Å². The maximum Gasteiger partial charge on any atom is 0.0178 e. The molecule has 0 aliphatic carbocycles. The lowest BCUT2D eigenvalue weighted by atomic mass is 10.0. The molecule has 0 bridgehead atoms. The van der Waals surface area contributed by atoms with Crippen molar-refractivity contribution in [2.75, 3.05) is 6.54 Å². The van der Waals surface area contributed by atoms with E-state index in [1.165, 1.54) is 56.1 Å². The summed E-state index contributed by atoms with van der Waals surface area (Å²) in [4.78, 5) is 0. The van der Waals surface area contributed by atoms with E-state index in [9.17, 15) is 0 Å². The van der Waals surface area contributed by atoms with Crippen LogP contribution in [0.25, 0.3) is 0 Å². The van der Waals surface area contributed by atoms with Crippen LogP contribution in [0.1, 0.15) is 49.7 Å². The molecule has 0 heterocycles. The fourth-order valence-electron chi connectivity index (χ4n) is 2.02. The molecule has 0 fully saturated rings. The average molecular weight is 234 g/mol. The first-order valence-corrected chi connectivity index (χ1v) is 6.84. The van der Waals surface area contributed by atoms with Gasteiger partial charge in [0, 0.05) is 6.54 Å². The van der Waals surface area contributed by atoms with Crippen LogP contribution >= 0.6 is 0 Å². The molecule has 96 valence electrons. The minimum Gasteiger partial charge on any atom is -0.330 e. The summed E-state index contributed by atoms with van der Waals surface area (Å²) >= 11 is 0. The number of benzene rings is 1. The van der Waals surface area contributed by atoms with Crippen LogP contribution in [0.2, 0.25) is 0 Å². The second kappa shape index (κ2) is 9.20. The summed E-state index contributed by atoms with van der Waals surface area (Å²) in [6, 6.07) is 8.68. The first-order chi connectivity index (χ1) is 8.36. The summed E-state index contributed by atoms with van der Waals surface area (Å²) < 4.78 is 0. The van der Waals surface area contributed by atoms with Crippen molar-refractivity contribution in [3.63, 3.8) is 0 Å². The summed E-state index contributed by atoms with van der Waals surface area (Å²) in [5, 5.41) is 0. The number of unbranched alkanes of at least 4 members (excludes halogenated alkanes) is 5. The zero-order chi connectivity index (χ0) is 12.3. The SMILES string of the molecule is NCCCCCCCCc1ccc(CN)cc1. The monoisotopic (exact) mass is 234 g/mol. The third kappa shape index (κ3) is 6.44. The number of aryl methyl sites for hydroxylation is 1. The van der Waals surface area contributed by atoms with Gasteiger partial charge in [-0.1, -0.05) is 49.9 Å². The van der Waals surface area contributed by atoms with Gasteiger partial charge in [0.2, 0.25) is 0 Å². The first-order valence-electron chi connectivity index (χ1n) is 6.84. The third-order valence-corrected chi connectivity index (χ3v) is 3.18. The molecule has 1 aromatic rings. The number of nitrogens with two attached hydrogens (primary N) is 2. The summed E-state index contributed by atoms with van der Waals surface area (Å²) in [5.74, 6) is 0. The van der Waals surface area contributed by atoms with E-state index < -0.39 is 0 Å². The lowest BCUT2D eigenvalue weighted by Gasteiger charge is -2.03. The predicted molar refractivity (Wildman–Crippen MR) is 74.8 cm³/mol. The van der Waals surface area contributed by atoms with Crippen molar-refractivity contribution in [2.24, 2.45) is 11.5 Å². The Kier molecular flexibility index (Phi) is 7.69. The van der Waals surface area contributed by atoms with E-state index in [4.69, 9.17) is 11.5 Å². The van der Waals surface area contributed by atoms with E-state index in [-0.39, 0.29) is 0 Å². The summed E-state index contributed by atoms with van der Waals surface area (Å²) in [6.45, 7) is 1.48. The van der Waals surface area contributed by atoms with Crippen molar-refractivity contribution in [3.05, 3.63) is 35.4 Å². The zero-order valence-corrected chi connectivity index (χ0v) is 10.8. The minimum absolute atomic E-state index is 0.640. The highest BCUT2D eigenvalue weighted by molar-refractivity contribution is 5.22. The number of rotatable bonds is 9. The van der Waals surface area contributed by atoms with E-state index in [0.717, 1.165) is 6.54 Å². The second-order valence-corrected chi connectivity index (χ2v) is 4.68. The van der Waals surface area contributed by atoms with E-state index in [1.807, 2.05) is 0 Å². The van der Waals surface area contributed by atoms with Crippen LogP contribution in [0.15, 0.2) is 24.3 Å². The number of hydrogen-bond donors (Lipinski definition) is 2. The third-order valence-electron chi connectivity index (χ3n) is 3.18. The van der Waals surface area contributed by atoms with Gasteiger partial charge in [-0.15, -0.1) is 0 Å². The van der Waals surface area contributed by atoms with Crippen LogP contribution in [0.5, 0.6) is 0 Å². The van der Waals surface area contributed by atoms with E-state index in [0.29, 0.717) is 6.54 Å². The van der Waals surface area contributed by atoms with E-state index in [1.54, 1.807) is 0 Å². The van der Waals surface area contributed by atoms with Crippen LogP contribution in [0.3, 0.4) is 0 Å². The molecule has 17 heavy (non-hydrogen) atoms. The molecule has 2 heteroatoms. The molecule has 1 rings (SSSR count). The van der Waals surface area contributed by atoms with Gasteiger partial charge in [-0.2, -0.15) is 0 Å². The van der Waals surface area contributed by atoms with Gasteiger partial charge in [0.15, 0.2) is 0 Å². The van der Waals surface area contributed by atoms with Gasteiger partial charge in [0.1, 0.15) is 0 Å². The van der Waals surface area contributed by atoms with Gasteiger partial charge in [0.25, 0.3) is 0 Å². The highest BCUT2D eigenvalue weighted by Gasteiger charge is 1.95. The Hall–Kier alpha value is -0.860. The quantitative estimate of drug-likeness (QED) is 0.645. The Labute approximate surface area is 105 Å². The van der Waals surface area contributed by atoms with Gasteiger partial charge in [0.05, 0.1) is 0 Å². The average Bonchev–Trinajstić information content (AvgIpc) is 2.38. The van der Waals surface area contributed by atoms with Gasteiger partial charge < -0.3 is 11.5 Å². The highest BCUT2D eigenvalue weighted by atomic mass is 14.5. The van der Waals surface area contributed by atoms with Crippen molar-refractivity contribution in [1.29, 1.82) is 0 Å². The van der Waals surface area contributed by atoms with Crippen molar-refractivity contribution < 1.29 is 0 Å². The molecule has 0 radical (unpaired) electrons. The molecule has 4 N–H and O–H groups in total. The highest BCUT2D eigenvalue weighted by Crippen LogP contribution is 2.10. The van der Waals surface area contributed by atoms with E-state index >= 15 is 0 Å². The summed E-state index contributed by atoms with van der Waals surface area (Å²) in [7, 11) is 0. The lowest BCUT2D eigenvalue weighted by molar-refractivity contribution is 0.597. The van der Waals surface area contributed by atoms with Crippen molar-refractivity contribution in [2.45, 2.75) is 51.5 Å². The van der Waals surface area contributed by atoms with Crippen molar-refractivity contribution >= 4 is 0 Å². The molecule has 0 amide bonds. The lowest BCUT2D eigenvalue weighted by Crippen LogP contribution is -1.97. The van der Waals surface area contributed by atoms with Crippen molar-refractivity contribution in [3.8, 4) is 0 Å². The standard InChI is InChI=1S/C15H26N2/c16-12-6-4-2-1-3-5-7-14-8-10-15(13-17)11-9-14/h8-11H,1-7,12-13,16-17H2. The molecule has 0 saturated carbocycles. The molecule has 0 aliphatic rings. The smallest absolute Gasteiger partial charge is 0.0178 e. The van der Waals surface area contributed by atoms with Crippen LogP contribution in [0, 0.1) is 0 Å². The fraction of sp³-hybridized carbons (Fsp3) is 0.600. The molecule has 1 aromatic carbocycles. The molecule has 0 aliphatic heterocycles. The van der Waals surface area contributed by atoms with E-state index in [2.05, 4.69) is 24.3 Å². The van der Waals surface area contributed by atoms with Crippen LogP contribution in [0.4, 0.5) is 0 Å². The van der Waals surface area contributed by atoms with Crippen LogP contribution in [-0.4, -0.2) is 6.54 Å². The molecule has 2 nitrogen and oxygen atoms in total. The number of hydrogen-bond acceptors (Lipinski definition) is 2. The van der Waals surface area contributed by atoms with Gasteiger partial charge in [-0.05, 0) is 36.9 Å². The van der Waals surface area contributed by atoms with Crippen LogP contribution < -0.4 is 11.5 Å². The Morgan fingerprint density at radius 3 is 1.76 bits per heavy atom. The molecule has 0 aromatic heterocycles. The molecular weight excluding hydrogens is 208 g/mol. The van der Waals surface area contributed by atoms with Gasteiger partial charge in [-0.3, -0.25) is 0 Å². The molecule has 0 saturated heterocycles. The Morgan fingerprint density at radius 1 is 0.647 bits per heavy atom. The molecule has 0 unspecified atom stereocenters. The minimum atomic E-state index is 0.640. The van der Waals surface area contributed by atoms with Crippen molar-refractivity contribution in [1.82, 2.24) is 0 Å². The molecule has 0 atom stereocenters. The topological polar surface area (TPSA) is 52.0 Å². The molecule has 0 spiro atoms. The Bertz CT molecular complexity index is 279. The largest absolute Gasteiger partial charge is 0.330 e. The zero-order valence-electron chi connectivity index (χ0n) is 10.8. The Morgan fingerprint density at radius 2 is 1.18 bits per heavy atom.